The van der Waals surface area contributed by atoms with Gasteiger partial charge in [-0.05, 0) is 12.1 Å². The van der Waals surface area contributed by atoms with Crippen LogP contribution in [0, 0.1) is 0 Å². The Morgan fingerprint density at radius 2 is 1.09 bits per heavy atom. The Labute approximate surface area is 137 Å². The molecule has 0 aliphatic rings. The van der Waals surface area contributed by atoms with Gasteiger partial charge in [-0.3, -0.25) is 0 Å². The standard InChI is InChI=1S/C19H17N2OP/c22-19(20-16-10-4-1-5-11-16)21-23(17-12-6-2-7-13-17)18-14-8-3-9-15-18/h1-15H,(H2,20,21,22). The summed E-state index contributed by atoms with van der Waals surface area (Å²) in [6.45, 7) is 0. The minimum atomic E-state index is -0.949. The Bertz CT molecular complexity index is 709. The molecule has 3 aromatic carbocycles. The third kappa shape index (κ3) is 4.18. The molecule has 0 aliphatic heterocycles. The Hall–Kier alpha value is -2.64. The van der Waals surface area contributed by atoms with Crippen molar-refractivity contribution in [2.75, 3.05) is 5.32 Å². The third-order valence-electron chi connectivity index (χ3n) is 3.27. The number of benzene rings is 3. The fraction of sp³-hybridized carbons (Fsp3) is 0. The number of para-hydroxylation sites is 1. The predicted molar refractivity (Wildman–Crippen MR) is 97.7 cm³/mol. The first-order valence-corrected chi connectivity index (χ1v) is 8.70. The fourth-order valence-electron chi connectivity index (χ4n) is 2.21. The van der Waals surface area contributed by atoms with Crippen LogP contribution < -0.4 is 21.0 Å². The van der Waals surface area contributed by atoms with Crippen LogP contribution in [0.1, 0.15) is 0 Å². The lowest BCUT2D eigenvalue weighted by atomic mass is 10.3. The zero-order chi connectivity index (χ0) is 15.9. The Morgan fingerprint density at radius 1 is 0.652 bits per heavy atom. The first-order valence-electron chi connectivity index (χ1n) is 7.36. The van der Waals surface area contributed by atoms with Gasteiger partial charge in [0.2, 0.25) is 0 Å². The van der Waals surface area contributed by atoms with Crippen LogP contribution in [-0.2, 0) is 0 Å². The second kappa shape index (κ2) is 7.57. The summed E-state index contributed by atoms with van der Waals surface area (Å²) in [4.78, 5) is 12.4. The van der Waals surface area contributed by atoms with Crippen LogP contribution in [0.25, 0.3) is 0 Å². The van der Waals surface area contributed by atoms with Crippen molar-refractivity contribution in [1.29, 1.82) is 0 Å². The fourth-order valence-corrected chi connectivity index (χ4v) is 3.97. The Balaban J connectivity index is 1.81. The molecule has 114 valence electrons. The molecule has 0 unspecified atom stereocenters. The average molecular weight is 320 g/mol. The maximum Gasteiger partial charge on any atom is 0.322 e. The monoisotopic (exact) mass is 320 g/mol. The van der Waals surface area contributed by atoms with E-state index in [4.69, 9.17) is 0 Å². The van der Waals surface area contributed by atoms with Gasteiger partial charge in [-0.25, -0.2) is 4.79 Å². The van der Waals surface area contributed by atoms with Gasteiger partial charge >= 0.3 is 6.03 Å². The number of anilines is 1. The first-order chi connectivity index (χ1) is 11.3. The molecule has 3 nitrogen and oxygen atoms in total. The molecule has 2 N–H and O–H groups in total. The van der Waals surface area contributed by atoms with Gasteiger partial charge in [-0.2, -0.15) is 0 Å². The van der Waals surface area contributed by atoms with Gasteiger partial charge in [-0.15, -0.1) is 0 Å². The van der Waals surface area contributed by atoms with Gasteiger partial charge in [0.1, 0.15) is 0 Å². The maximum absolute atomic E-state index is 12.4. The summed E-state index contributed by atoms with van der Waals surface area (Å²) in [5.41, 5.74) is 0.779. The lowest BCUT2D eigenvalue weighted by Gasteiger charge is -2.20. The van der Waals surface area contributed by atoms with E-state index >= 15 is 0 Å². The largest absolute Gasteiger partial charge is 0.322 e. The van der Waals surface area contributed by atoms with Gasteiger partial charge in [0.15, 0.2) is 0 Å². The van der Waals surface area contributed by atoms with Crippen molar-refractivity contribution in [3.05, 3.63) is 91.0 Å². The molecular formula is C19H17N2OP. The summed E-state index contributed by atoms with van der Waals surface area (Å²) in [6, 6.07) is 29.3. The van der Waals surface area contributed by atoms with Crippen molar-refractivity contribution >= 4 is 30.4 Å². The van der Waals surface area contributed by atoms with E-state index in [1.807, 2.05) is 91.0 Å². The highest BCUT2D eigenvalue weighted by Crippen LogP contribution is 2.28. The predicted octanol–water partition coefficient (Wildman–Crippen LogP) is 3.86. The summed E-state index contributed by atoms with van der Waals surface area (Å²) in [5.74, 6) is 0. The first kappa shape index (κ1) is 15.3. The molecule has 0 atom stereocenters. The molecule has 0 aromatic heterocycles. The summed E-state index contributed by atoms with van der Waals surface area (Å²) >= 11 is 0. The number of carbonyl (C=O) groups is 1. The molecule has 0 fully saturated rings. The smallest absolute Gasteiger partial charge is 0.309 e. The summed E-state index contributed by atoms with van der Waals surface area (Å²) in [7, 11) is -0.949. The van der Waals surface area contributed by atoms with Crippen molar-refractivity contribution in [1.82, 2.24) is 5.09 Å². The number of carbonyl (C=O) groups excluding carboxylic acids is 1. The lowest BCUT2D eigenvalue weighted by molar-refractivity contribution is 0.257. The van der Waals surface area contributed by atoms with Crippen molar-refractivity contribution < 1.29 is 4.79 Å². The van der Waals surface area contributed by atoms with E-state index in [0.29, 0.717) is 0 Å². The highest BCUT2D eigenvalue weighted by atomic mass is 31.1. The van der Waals surface area contributed by atoms with Crippen molar-refractivity contribution in [3.8, 4) is 0 Å². The second-order valence-corrected chi connectivity index (χ2v) is 6.87. The molecule has 23 heavy (non-hydrogen) atoms. The zero-order valence-electron chi connectivity index (χ0n) is 12.5. The molecular weight excluding hydrogens is 303 g/mol. The topological polar surface area (TPSA) is 41.1 Å². The number of rotatable bonds is 4. The van der Waals surface area contributed by atoms with E-state index in [-0.39, 0.29) is 6.03 Å². The molecule has 0 aliphatic carbocycles. The number of nitrogens with one attached hydrogen (secondary N) is 2. The number of hydrogen-bond acceptors (Lipinski definition) is 1. The van der Waals surface area contributed by atoms with E-state index in [2.05, 4.69) is 10.4 Å². The molecule has 4 heteroatoms. The van der Waals surface area contributed by atoms with E-state index in [9.17, 15) is 4.79 Å². The molecule has 0 saturated heterocycles. The molecule has 0 spiro atoms. The quantitative estimate of drug-likeness (QED) is 0.704. The van der Waals surface area contributed by atoms with Gasteiger partial charge in [0.05, 0.1) is 8.07 Å². The van der Waals surface area contributed by atoms with Crippen molar-refractivity contribution in [2.45, 2.75) is 0 Å². The molecule has 0 bridgehead atoms. The van der Waals surface area contributed by atoms with Gasteiger partial charge in [0, 0.05) is 16.3 Å². The third-order valence-corrected chi connectivity index (χ3v) is 5.33. The van der Waals surface area contributed by atoms with Crippen LogP contribution in [0.3, 0.4) is 0 Å². The number of amides is 2. The van der Waals surface area contributed by atoms with Crippen LogP contribution >= 0.6 is 8.07 Å². The number of hydrogen-bond donors (Lipinski definition) is 2. The van der Waals surface area contributed by atoms with E-state index < -0.39 is 8.07 Å². The van der Waals surface area contributed by atoms with Crippen molar-refractivity contribution in [3.63, 3.8) is 0 Å². The molecule has 0 saturated carbocycles. The van der Waals surface area contributed by atoms with Crippen LogP contribution in [0.5, 0.6) is 0 Å². The van der Waals surface area contributed by atoms with E-state index in [1.54, 1.807) is 0 Å². The summed E-state index contributed by atoms with van der Waals surface area (Å²) in [6.07, 6.45) is 0. The molecule has 3 aromatic rings. The molecule has 0 heterocycles. The molecule has 3 rings (SSSR count). The SMILES string of the molecule is O=C(Nc1ccccc1)NP(c1ccccc1)c1ccccc1. The average Bonchev–Trinajstić information content (AvgIpc) is 2.62. The minimum absolute atomic E-state index is 0.199. The highest BCUT2D eigenvalue weighted by Gasteiger charge is 2.16. The second-order valence-electron chi connectivity index (χ2n) is 4.94. The van der Waals surface area contributed by atoms with Crippen molar-refractivity contribution in [2.24, 2.45) is 0 Å². The summed E-state index contributed by atoms with van der Waals surface area (Å²) < 4.78 is 0. The van der Waals surface area contributed by atoms with Crippen LogP contribution in [0.15, 0.2) is 91.0 Å². The van der Waals surface area contributed by atoms with Crippen LogP contribution in [0.2, 0.25) is 0 Å². The molecule has 2 amide bonds. The van der Waals surface area contributed by atoms with E-state index in [0.717, 1.165) is 16.3 Å². The van der Waals surface area contributed by atoms with Crippen LogP contribution in [-0.4, -0.2) is 6.03 Å². The summed E-state index contributed by atoms with van der Waals surface area (Å²) in [5, 5.41) is 8.21. The lowest BCUT2D eigenvalue weighted by Crippen LogP contribution is -2.31. The Kier molecular flexibility index (Phi) is 5.02. The van der Waals surface area contributed by atoms with Gasteiger partial charge in [0.25, 0.3) is 0 Å². The Morgan fingerprint density at radius 3 is 1.57 bits per heavy atom. The van der Waals surface area contributed by atoms with Crippen LogP contribution in [0.4, 0.5) is 10.5 Å². The van der Waals surface area contributed by atoms with Gasteiger partial charge in [-0.1, -0.05) is 78.9 Å². The normalized spacial score (nSPS) is 10.3. The maximum atomic E-state index is 12.4. The minimum Gasteiger partial charge on any atom is -0.309 e. The van der Waals surface area contributed by atoms with E-state index in [1.165, 1.54) is 0 Å². The number of urea groups is 1. The zero-order valence-corrected chi connectivity index (χ0v) is 13.4. The molecule has 0 radical (unpaired) electrons. The highest BCUT2D eigenvalue weighted by molar-refractivity contribution is 7.71. The van der Waals surface area contributed by atoms with Gasteiger partial charge < -0.3 is 10.4 Å².